The molecular weight excluding hydrogens is 496 g/mol. The van der Waals surface area contributed by atoms with Gasteiger partial charge in [0.15, 0.2) is 0 Å². The van der Waals surface area contributed by atoms with Gasteiger partial charge in [0.05, 0.1) is 0 Å². The van der Waals surface area contributed by atoms with Crippen LogP contribution >= 0.6 is 7.75 Å². The summed E-state index contributed by atoms with van der Waals surface area (Å²) < 4.78 is 188. The number of hydrogen-bond acceptors (Lipinski definition) is 3. The van der Waals surface area contributed by atoms with Crippen LogP contribution in [0.1, 0.15) is 0 Å². The third-order valence-electron chi connectivity index (χ3n) is 3.40. The van der Waals surface area contributed by atoms with E-state index < -0.39 is 55.9 Å². The molecule has 18 heteroatoms. The Bertz CT molecular complexity index is 813. The maximum atomic E-state index is 13.5. The van der Waals surface area contributed by atoms with E-state index in [1.54, 1.807) is 0 Å². The fourth-order valence-electron chi connectivity index (χ4n) is 1.72. The predicted molar refractivity (Wildman–Crippen MR) is 75.6 cm³/mol. The molecule has 31 heavy (non-hydrogen) atoms. The van der Waals surface area contributed by atoms with Gasteiger partial charge >= 0.3 is 43.5 Å². The summed E-state index contributed by atoms with van der Waals surface area (Å²) in [6.07, 6.45) is -7.52. The number of rotatable bonds is 9. The second-order valence-electron chi connectivity index (χ2n) is 5.72. The first-order valence-electron chi connectivity index (χ1n) is 7.27. The Kier molecular flexibility index (Phi) is 7.04. The third-order valence-corrected chi connectivity index (χ3v) is 4.35. The lowest BCUT2D eigenvalue weighted by molar-refractivity contribution is -0.440. The van der Waals surface area contributed by atoms with Crippen molar-refractivity contribution in [2.24, 2.45) is 5.50 Å². The molecule has 4 nitrogen and oxygen atoms in total. The molecule has 0 bridgehead atoms. The number of halogens is 13. The molecule has 180 valence electrons. The fourth-order valence-corrected chi connectivity index (χ4v) is 2.53. The molecule has 0 spiro atoms. The molecule has 0 saturated heterocycles. The van der Waals surface area contributed by atoms with Crippen molar-refractivity contribution in [2.45, 2.75) is 35.8 Å². The van der Waals surface area contributed by atoms with Crippen LogP contribution in [0.2, 0.25) is 0 Å². The summed E-state index contributed by atoms with van der Waals surface area (Å²) in [6.45, 7) is -3.19. The van der Waals surface area contributed by atoms with Crippen LogP contribution in [-0.2, 0) is 9.09 Å². The van der Waals surface area contributed by atoms with Crippen LogP contribution in [0.25, 0.3) is 0 Å². The summed E-state index contributed by atoms with van der Waals surface area (Å²) in [6, 6.07) is 5.69. The summed E-state index contributed by atoms with van der Waals surface area (Å²) in [5.41, 5.74) is 4.75. The summed E-state index contributed by atoms with van der Waals surface area (Å²) in [7, 11) is -5.31. The summed E-state index contributed by atoms with van der Waals surface area (Å²) in [5.74, 6) is -38.5. The van der Waals surface area contributed by atoms with Crippen LogP contribution in [0.5, 0.6) is 5.75 Å². The molecule has 1 aromatic rings. The monoisotopic (exact) mass is 505 g/mol. The fraction of sp³-hybridized carbons (Fsp3) is 0.538. The highest BCUT2D eigenvalue weighted by Gasteiger charge is 2.90. The minimum atomic E-state index is -8.04. The molecule has 0 saturated carbocycles. The molecule has 1 atom stereocenters. The first-order valence-corrected chi connectivity index (χ1v) is 8.88. The van der Waals surface area contributed by atoms with Gasteiger partial charge in [0.1, 0.15) is 12.4 Å². The Balaban J connectivity index is 3.18. The van der Waals surface area contributed by atoms with E-state index >= 15 is 0 Å². The molecule has 2 N–H and O–H groups in total. The van der Waals surface area contributed by atoms with Gasteiger partial charge in [-0.15, -0.1) is 0 Å². The van der Waals surface area contributed by atoms with Gasteiger partial charge in [0.25, 0.3) is 0 Å². The summed E-state index contributed by atoms with van der Waals surface area (Å²) in [5, 5.41) is 0. The Hall–Kier alpha value is -1.74. The van der Waals surface area contributed by atoms with Crippen LogP contribution in [-0.4, -0.2) is 42.4 Å². The van der Waals surface area contributed by atoms with E-state index in [1.807, 2.05) is 0 Å². The zero-order chi connectivity index (χ0) is 24.7. The topological polar surface area (TPSA) is 61.6 Å². The molecule has 0 unspecified atom stereocenters. The van der Waals surface area contributed by atoms with Gasteiger partial charge in [-0.25, -0.2) is 10.1 Å². The van der Waals surface area contributed by atoms with Crippen LogP contribution in [0, 0.1) is 0 Å². The van der Waals surface area contributed by atoms with E-state index in [1.165, 1.54) is 18.2 Å². The average Bonchev–Trinajstić information content (AvgIpc) is 2.59. The van der Waals surface area contributed by atoms with Crippen LogP contribution in [0.4, 0.5) is 57.1 Å². The maximum absolute atomic E-state index is 13.5. The molecule has 0 amide bonds. The van der Waals surface area contributed by atoms with Crippen molar-refractivity contribution >= 4 is 7.75 Å². The van der Waals surface area contributed by atoms with E-state index in [-0.39, 0.29) is 0 Å². The highest BCUT2D eigenvalue weighted by molar-refractivity contribution is 7.51. The van der Waals surface area contributed by atoms with Crippen LogP contribution in [0.15, 0.2) is 30.3 Å². The Labute approximate surface area is 163 Å². The second kappa shape index (κ2) is 7.99. The summed E-state index contributed by atoms with van der Waals surface area (Å²) in [4.78, 5) is 0. The number of nitrogens with two attached hydrogens (primary N) is 1. The van der Waals surface area contributed by atoms with Gasteiger partial charge in [-0.2, -0.15) is 57.1 Å². The third kappa shape index (κ3) is 4.87. The molecule has 0 aliphatic carbocycles. The first kappa shape index (κ1) is 27.3. The van der Waals surface area contributed by atoms with Crippen molar-refractivity contribution in [3.63, 3.8) is 0 Å². The Morgan fingerprint density at radius 3 is 1.55 bits per heavy atom. The van der Waals surface area contributed by atoms with E-state index in [4.69, 9.17) is 5.50 Å². The molecular formula is C13H9F13NO3P. The van der Waals surface area contributed by atoms with Crippen LogP contribution in [0.3, 0.4) is 0 Å². The molecule has 0 radical (unpaired) electrons. The Morgan fingerprint density at radius 1 is 0.710 bits per heavy atom. The quantitative estimate of drug-likeness (QED) is 0.336. The zero-order valence-electron chi connectivity index (χ0n) is 14.3. The van der Waals surface area contributed by atoms with E-state index in [9.17, 15) is 61.6 Å². The lowest BCUT2D eigenvalue weighted by Gasteiger charge is -2.39. The van der Waals surface area contributed by atoms with E-state index in [2.05, 4.69) is 9.05 Å². The lowest BCUT2D eigenvalue weighted by Crippen LogP contribution is -2.70. The molecule has 0 aliphatic rings. The van der Waals surface area contributed by atoms with Crippen molar-refractivity contribution in [3.8, 4) is 5.75 Å². The number of benzene rings is 1. The normalized spacial score (nSPS) is 16.7. The Morgan fingerprint density at radius 2 is 1.13 bits per heavy atom. The highest BCUT2D eigenvalue weighted by atomic mass is 31.2. The predicted octanol–water partition coefficient (Wildman–Crippen LogP) is 5.89. The van der Waals surface area contributed by atoms with Crippen molar-refractivity contribution in [1.82, 2.24) is 0 Å². The zero-order valence-corrected chi connectivity index (χ0v) is 15.2. The smallest absolute Gasteiger partial charge is 0.413 e. The van der Waals surface area contributed by atoms with Crippen molar-refractivity contribution < 1.29 is 70.7 Å². The van der Waals surface area contributed by atoms with Crippen LogP contribution < -0.4 is 10.0 Å². The first-order chi connectivity index (χ1) is 13.5. The largest absolute Gasteiger partial charge is 0.460 e. The minimum absolute atomic E-state index is 0.481. The maximum Gasteiger partial charge on any atom is 0.460 e. The van der Waals surface area contributed by atoms with Gasteiger partial charge < -0.3 is 4.52 Å². The molecule has 1 aromatic carbocycles. The molecule has 0 fully saturated rings. The van der Waals surface area contributed by atoms with E-state index in [0.717, 1.165) is 12.1 Å². The molecule has 0 aromatic heterocycles. The number of para-hydroxylation sites is 1. The molecule has 0 aliphatic heterocycles. The van der Waals surface area contributed by atoms with Crippen molar-refractivity contribution in [2.75, 3.05) is 6.61 Å². The SMILES string of the molecule is N[P@@](=O)(OCC(F)(F)C(F)(F)C(F)(F)C(F)(F)C(F)(F)C(F)(F)F)Oc1ccccc1. The van der Waals surface area contributed by atoms with Gasteiger partial charge in [-0.1, -0.05) is 18.2 Å². The summed E-state index contributed by atoms with van der Waals surface area (Å²) >= 11 is 0. The molecule has 1 rings (SSSR count). The van der Waals surface area contributed by atoms with Gasteiger partial charge in [-0.05, 0) is 12.1 Å². The van der Waals surface area contributed by atoms with E-state index in [0.29, 0.717) is 0 Å². The lowest BCUT2D eigenvalue weighted by atomic mass is 9.94. The minimum Gasteiger partial charge on any atom is -0.413 e. The van der Waals surface area contributed by atoms with Gasteiger partial charge in [0, 0.05) is 0 Å². The van der Waals surface area contributed by atoms with Gasteiger partial charge in [-0.3, -0.25) is 4.52 Å². The van der Waals surface area contributed by atoms with Crippen molar-refractivity contribution in [1.29, 1.82) is 0 Å². The van der Waals surface area contributed by atoms with Gasteiger partial charge in [0.2, 0.25) is 0 Å². The van der Waals surface area contributed by atoms with Crippen molar-refractivity contribution in [3.05, 3.63) is 30.3 Å². The number of alkyl halides is 13. The highest BCUT2D eigenvalue weighted by Crippen LogP contribution is 2.60. The number of hydrogen-bond donors (Lipinski definition) is 1. The molecule has 0 heterocycles. The average molecular weight is 505 g/mol. The standard InChI is InChI=1S/C13H9F13NO3P/c14-8(15,6-29-31(27,28)30-7-4-2-1-3-5-7)9(16,17)10(18,19)11(20,21)12(22,23)13(24,25)26/h1-5H,6H2,(H2,27,28)/t31-/m1/s1. The second-order valence-corrected chi connectivity index (χ2v) is 7.24.